The average molecular weight is 324 g/mol. The predicted molar refractivity (Wildman–Crippen MR) is 90.2 cm³/mol. The minimum Gasteiger partial charge on any atom is -0.356 e. The molecule has 1 saturated heterocycles. The van der Waals surface area contributed by atoms with E-state index in [-0.39, 0.29) is 18.4 Å². The molecule has 0 aromatic heterocycles. The van der Waals surface area contributed by atoms with Gasteiger partial charge in [0.2, 0.25) is 5.91 Å². The molecule has 1 heterocycles. The molecule has 24 heavy (non-hydrogen) atoms. The average Bonchev–Trinajstić information content (AvgIpc) is 2.63. The molecule has 2 aromatic carbocycles. The van der Waals surface area contributed by atoms with Crippen molar-refractivity contribution in [1.82, 2.24) is 10.6 Å². The van der Waals surface area contributed by atoms with Gasteiger partial charge in [-0.05, 0) is 17.5 Å². The summed E-state index contributed by atoms with van der Waals surface area (Å²) in [5, 5.41) is 5.75. The summed E-state index contributed by atoms with van der Waals surface area (Å²) in [5.74, 6) is -0.419. The lowest BCUT2D eigenvalue weighted by atomic mass is 9.99. The summed E-state index contributed by atoms with van der Waals surface area (Å²) in [6, 6.07) is 18.9. The van der Waals surface area contributed by atoms with E-state index < -0.39 is 12.1 Å². The standard InChI is InChI=1S/C19H20N2O3/c22-16-13-24-18(17(21-16)15-9-5-2-6-10-15)19(23)20-12-11-14-7-3-1-4-8-14/h1-10,17-18H,11-13H2,(H,20,23)(H,21,22)/t17-,18+/m0/s1. The van der Waals surface area contributed by atoms with E-state index >= 15 is 0 Å². The molecular weight excluding hydrogens is 304 g/mol. The van der Waals surface area contributed by atoms with E-state index in [2.05, 4.69) is 10.6 Å². The zero-order chi connectivity index (χ0) is 16.8. The summed E-state index contributed by atoms with van der Waals surface area (Å²) in [4.78, 5) is 24.1. The molecule has 0 spiro atoms. The van der Waals surface area contributed by atoms with E-state index in [1.165, 1.54) is 0 Å². The quantitative estimate of drug-likeness (QED) is 0.878. The van der Waals surface area contributed by atoms with Crippen LogP contribution in [0.4, 0.5) is 0 Å². The SMILES string of the molecule is O=C1CO[C@@H](C(=O)NCCc2ccccc2)[C@H](c2ccccc2)N1. The van der Waals surface area contributed by atoms with Crippen molar-refractivity contribution in [2.24, 2.45) is 0 Å². The molecule has 2 amide bonds. The third-order valence-electron chi connectivity index (χ3n) is 3.99. The molecule has 5 heteroatoms. The number of nitrogens with one attached hydrogen (secondary N) is 2. The van der Waals surface area contributed by atoms with Crippen LogP contribution in [-0.4, -0.2) is 31.1 Å². The lowest BCUT2D eigenvalue weighted by molar-refractivity contribution is -0.148. The molecule has 2 aromatic rings. The molecule has 5 nitrogen and oxygen atoms in total. The summed E-state index contributed by atoms with van der Waals surface area (Å²) < 4.78 is 5.50. The molecule has 2 N–H and O–H groups in total. The van der Waals surface area contributed by atoms with Gasteiger partial charge in [0.05, 0.1) is 6.04 Å². The van der Waals surface area contributed by atoms with Crippen LogP contribution in [0, 0.1) is 0 Å². The Bertz CT molecular complexity index is 688. The summed E-state index contributed by atoms with van der Waals surface area (Å²) in [6.45, 7) is 0.429. The number of morpholine rings is 1. The third kappa shape index (κ3) is 4.00. The van der Waals surface area contributed by atoms with Crippen molar-refractivity contribution in [3.05, 3.63) is 71.8 Å². The number of benzene rings is 2. The van der Waals surface area contributed by atoms with Gasteiger partial charge < -0.3 is 15.4 Å². The highest BCUT2D eigenvalue weighted by Gasteiger charge is 2.35. The van der Waals surface area contributed by atoms with Crippen LogP contribution >= 0.6 is 0 Å². The van der Waals surface area contributed by atoms with Gasteiger partial charge in [-0.3, -0.25) is 9.59 Å². The molecule has 1 fully saturated rings. The van der Waals surface area contributed by atoms with Gasteiger partial charge in [0.25, 0.3) is 5.91 Å². The first kappa shape index (κ1) is 16.2. The maximum absolute atomic E-state index is 12.5. The normalized spacial score (nSPS) is 20.2. The molecule has 2 atom stereocenters. The predicted octanol–water partition coefficient (Wildman–Crippen LogP) is 1.60. The molecular formula is C19H20N2O3. The molecule has 1 aliphatic heterocycles. The van der Waals surface area contributed by atoms with E-state index in [1.54, 1.807) is 0 Å². The largest absolute Gasteiger partial charge is 0.356 e. The Kier molecular flexibility index (Phi) is 5.23. The summed E-state index contributed by atoms with van der Waals surface area (Å²) in [7, 11) is 0. The Hall–Kier alpha value is -2.66. The molecule has 0 radical (unpaired) electrons. The highest BCUT2D eigenvalue weighted by atomic mass is 16.5. The summed E-state index contributed by atoms with van der Waals surface area (Å²) >= 11 is 0. The van der Waals surface area contributed by atoms with Crippen molar-refractivity contribution in [3.63, 3.8) is 0 Å². The Morgan fingerprint density at radius 2 is 1.75 bits per heavy atom. The van der Waals surface area contributed by atoms with Crippen LogP contribution in [0.25, 0.3) is 0 Å². The third-order valence-corrected chi connectivity index (χ3v) is 3.99. The van der Waals surface area contributed by atoms with Crippen molar-refractivity contribution >= 4 is 11.8 Å². The topological polar surface area (TPSA) is 67.4 Å². The van der Waals surface area contributed by atoms with Gasteiger partial charge in [0.1, 0.15) is 6.61 Å². The second-order valence-corrected chi connectivity index (χ2v) is 5.71. The van der Waals surface area contributed by atoms with Gasteiger partial charge in [0, 0.05) is 6.54 Å². The first-order valence-electron chi connectivity index (χ1n) is 8.01. The lowest BCUT2D eigenvalue weighted by Gasteiger charge is -2.31. The Balaban J connectivity index is 1.62. The fourth-order valence-corrected chi connectivity index (χ4v) is 2.77. The van der Waals surface area contributed by atoms with Gasteiger partial charge in [-0.25, -0.2) is 0 Å². The molecule has 0 saturated carbocycles. The zero-order valence-corrected chi connectivity index (χ0v) is 13.3. The highest BCUT2D eigenvalue weighted by molar-refractivity contribution is 5.86. The summed E-state index contributed by atoms with van der Waals surface area (Å²) in [6.07, 6.45) is 0.0302. The minimum absolute atomic E-state index is 0.0971. The number of amides is 2. The van der Waals surface area contributed by atoms with Gasteiger partial charge >= 0.3 is 0 Å². The van der Waals surface area contributed by atoms with E-state index in [9.17, 15) is 9.59 Å². The van der Waals surface area contributed by atoms with Crippen molar-refractivity contribution in [2.45, 2.75) is 18.6 Å². The molecule has 0 aliphatic carbocycles. The van der Waals surface area contributed by atoms with Crippen LogP contribution in [-0.2, 0) is 20.7 Å². The van der Waals surface area contributed by atoms with Crippen molar-refractivity contribution < 1.29 is 14.3 Å². The van der Waals surface area contributed by atoms with Crippen molar-refractivity contribution in [1.29, 1.82) is 0 Å². The van der Waals surface area contributed by atoms with Gasteiger partial charge in [-0.1, -0.05) is 60.7 Å². The van der Waals surface area contributed by atoms with Gasteiger partial charge in [-0.15, -0.1) is 0 Å². The van der Waals surface area contributed by atoms with Crippen molar-refractivity contribution in [3.8, 4) is 0 Å². The molecule has 1 aliphatic rings. The lowest BCUT2D eigenvalue weighted by Crippen LogP contribution is -2.52. The molecule has 0 unspecified atom stereocenters. The van der Waals surface area contributed by atoms with Crippen LogP contribution < -0.4 is 10.6 Å². The maximum atomic E-state index is 12.5. The van der Waals surface area contributed by atoms with E-state index in [0.717, 1.165) is 17.5 Å². The van der Waals surface area contributed by atoms with E-state index in [4.69, 9.17) is 4.74 Å². The van der Waals surface area contributed by atoms with Crippen molar-refractivity contribution in [2.75, 3.05) is 13.2 Å². The first-order chi connectivity index (χ1) is 11.7. The van der Waals surface area contributed by atoms with E-state index in [1.807, 2.05) is 60.7 Å². The zero-order valence-electron chi connectivity index (χ0n) is 13.3. The molecule has 3 rings (SSSR count). The molecule has 124 valence electrons. The Labute approximate surface area is 141 Å². The number of carbonyl (C=O) groups excluding carboxylic acids is 2. The number of carbonyl (C=O) groups is 2. The van der Waals surface area contributed by atoms with E-state index in [0.29, 0.717) is 6.54 Å². The first-order valence-corrected chi connectivity index (χ1v) is 8.01. The fourth-order valence-electron chi connectivity index (χ4n) is 2.77. The second-order valence-electron chi connectivity index (χ2n) is 5.71. The smallest absolute Gasteiger partial charge is 0.251 e. The van der Waals surface area contributed by atoms with Crippen LogP contribution in [0.2, 0.25) is 0 Å². The second kappa shape index (κ2) is 7.75. The number of hydrogen-bond acceptors (Lipinski definition) is 3. The van der Waals surface area contributed by atoms with Gasteiger partial charge in [0.15, 0.2) is 6.10 Å². The fraction of sp³-hybridized carbons (Fsp3) is 0.263. The van der Waals surface area contributed by atoms with Gasteiger partial charge in [-0.2, -0.15) is 0 Å². The van der Waals surface area contributed by atoms with Crippen LogP contribution in [0.15, 0.2) is 60.7 Å². The number of hydrogen-bond donors (Lipinski definition) is 2. The Morgan fingerprint density at radius 1 is 1.08 bits per heavy atom. The van der Waals surface area contributed by atoms with Crippen LogP contribution in [0.3, 0.4) is 0 Å². The van der Waals surface area contributed by atoms with Crippen LogP contribution in [0.5, 0.6) is 0 Å². The highest BCUT2D eigenvalue weighted by Crippen LogP contribution is 2.22. The number of ether oxygens (including phenoxy) is 1. The molecule has 0 bridgehead atoms. The number of rotatable bonds is 5. The summed E-state index contributed by atoms with van der Waals surface area (Å²) in [5.41, 5.74) is 2.02. The maximum Gasteiger partial charge on any atom is 0.251 e. The van der Waals surface area contributed by atoms with Crippen LogP contribution in [0.1, 0.15) is 17.2 Å². The minimum atomic E-state index is -0.721. The Morgan fingerprint density at radius 3 is 2.46 bits per heavy atom. The monoisotopic (exact) mass is 324 g/mol.